The number of methoxy groups -OCH3 is 1. The van der Waals surface area contributed by atoms with Gasteiger partial charge < -0.3 is 15.8 Å². The highest BCUT2D eigenvalue weighted by molar-refractivity contribution is 7.10. The maximum Gasteiger partial charge on any atom is 0.340 e. The van der Waals surface area contributed by atoms with Crippen LogP contribution in [-0.2, 0) is 11.3 Å². The second-order valence-electron chi connectivity index (χ2n) is 4.29. The van der Waals surface area contributed by atoms with E-state index in [2.05, 4.69) is 10.1 Å². The number of nitrogens with two attached hydrogens (primary N) is 1. The molecule has 2 rings (SSSR count). The largest absolute Gasteiger partial charge is 0.465 e. The fourth-order valence-electron chi connectivity index (χ4n) is 1.77. The Morgan fingerprint density at radius 2 is 2.25 bits per heavy atom. The van der Waals surface area contributed by atoms with E-state index in [0.29, 0.717) is 6.54 Å². The van der Waals surface area contributed by atoms with Gasteiger partial charge in [-0.15, -0.1) is 11.3 Å². The van der Waals surface area contributed by atoms with Crippen LogP contribution in [-0.4, -0.2) is 13.1 Å². The Morgan fingerprint density at radius 3 is 2.85 bits per heavy atom. The van der Waals surface area contributed by atoms with Crippen LogP contribution < -0.4 is 11.1 Å². The Hall–Kier alpha value is -2.08. The van der Waals surface area contributed by atoms with Gasteiger partial charge in [0.15, 0.2) is 0 Å². The number of hydrogen-bond acceptors (Lipinski definition) is 5. The lowest BCUT2D eigenvalue weighted by Gasteiger charge is -2.11. The molecule has 1 aromatic carbocycles. The summed E-state index contributed by atoms with van der Waals surface area (Å²) < 4.78 is 18.5. The number of thiophene rings is 1. The SMILES string of the molecule is COC(=O)c1cc(NCc2sccc2C)c(F)cc1N. The van der Waals surface area contributed by atoms with Gasteiger partial charge in [-0.05, 0) is 36.1 Å². The van der Waals surface area contributed by atoms with Gasteiger partial charge in [0, 0.05) is 17.1 Å². The van der Waals surface area contributed by atoms with Gasteiger partial charge in [0.05, 0.1) is 18.4 Å². The Kier molecular flexibility index (Phi) is 4.24. The van der Waals surface area contributed by atoms with Crippen molar-refractivity contribution in [3.05, 3.63) is 45.4 Å². The lowest BCUT2D eigenvalue weighted by molar-refractivity contribution is 0.0602. The molecule has 0 saturated carbocycles. The van der Waals surface area contributed by atoms with Crippen LogP contribution in [0.2, 0.25) is 0 Å². The number of nitrogens with one attached hydrogen (secondary N) is 1. The molecule has 0 aliphatic carbocycles. The molecule has 0 saturated heterocycles. The second kappa shape index (κ2) is 5.92. The standard InChI is InChI=1S/C14H15FN2O2S/c1-8-3-4-20-13(8)7-17-12-5-9(14(18)19-2)11(16)6-10(12)15/h3-6,17H,7,16H2,1-2H3. The van der Waals surface area contributed by atoms with Crippen molar-refractivity contribution in [1.29, 1.82) is 0 Å². The van der Waals surface area contributed by atoms with Gasteiger partial charge >= 0.3 is 5.97 Å². The molecule has 1 heterocycles. The van der Waals surface area contributed by atoms with Gasteiger partial charge in [-0.25, -0.2) is 9.18 Å². The molecule has 0 unspecified atom stereocenters. The molecule has 6 heteroatoms. The lowest BCUT2D eigenvalue weighted by Crippen LogP contribution is -2.09. The zero-order chi connectivity index (χ0) is 14.7. The molecule has 0 aliphatic heterocycles. The van der Waals surface area contributed by atoms with E-state index in [1.807, 2.05) is 18.4 Å². The molecule has 0 bridgehead atoms. The number of anilines is 2. The summed E-state index contributed by atoms with van der Waals surface area (Å²) in [5, 5.41) is 4.95. The first kappa shape index (κ1) is 14.3. The summed E-state index contributed by atoms with van der Waals surface area (Å²) in [6, 6.07) is 4.50. The molecular weight excluding hydrogens is 279 g/mol. The van der Waals surface area contributed by atoms with Crippen LogP contribution in [0.25, 0.3) is 0 Å². The van der Waals surface area contributed by atoms with Crippen LogP contribution >= 0.6 is 11.3 Å². The van der Waals surface area contributed by atoms with Crippen molar-refractivity contribution < 1.29 is 13.9 Å². The highest BCUT2D eigenvalue weighted by atomic mass is 32.1. The maximum atomic E-state index is 13.8. The number of ether oxygens (including phenoxy) is 1. The molecule has 0 atom stereocenters. The van der Waals surface area contributed by atoms with E-state index in [9.17, 15) is 9.18 Å². The summed E-state index contributed by atoms with van der Waals surface area (Å²) in [7, 11) is 1.26. The lowest BCUT2D eigenvalue weighted by atomic mass is 10.1. The first-order valence-electron chi connectivity index (χ1n) is 5.97. The fraction of sp³-hybridized carbons (Fsp3) is 0.214. The maximum absolute atomic E-state index is 13.8. The zero-order valence-electron chi connectivity index (χ0n) is 11.2. The molecular formula is C14H15FN2O2S. The third-order valence-electron chi connectivity index (χ3n) is 2.95. The number of nitrogen functional groups attached to an aromatic ring is 1. The summed E-state index contributed by atoms with van der Waals surface area (Å²) in [4.78, 5) is 12.6. The van der Waals surface area contributed by atoms with Crippen LogP contribution in [0.15, 0.2) is 23.6 Å². The number of rotatable bonds is 4. The average Bonchev–Trinajstić information content (AvgIpc) is 2.82. The van der Waals surface area contributed by atoms with Crippen LogP contribution in [0.5, 0.6) is 0 Å². The zero-order valence-corrected chi connectivity index (χ0v) is 12.0. The molecule has 0 aliphatic rings. The molecule has 0 amide bonds. The minimum absolute atomic E-state index is 0.0622. The monoisotopic (exact) mass is 294 g/mol. The third kappa shape index (κ3) is 2.91. The highest BCUT2D eigenvalue weighted by Gasteiger charge is 2.14. The Balaban J connectivity index is 2.23. The van der Waals surface area contributed by atoms with Gasteiger partial charge in [-0.1, -0.05) is 0 Å². The highest BCUT2D eigenvalue weighted by Crippen LogP contribution is 2.24. The fourth-order valence-corrected chi connectivity index (χ4v) is 2.62. The number of esters is 1. The first-order valence-corrected chi connectivity index (χ1v) is 6.85. The van der Waals surface area contributed by atoms with Gasteiger partial charge in [-0.3, -0.25) is 0 Å². The summed E-state index contributed by atoms with van der Waals surface area (Å²) in [6.07, 6.45) is 0. The smallest absolute Gasteiger partial charge is 0.340 e. The van der Waals surface area contributed by atoms with E-state index in [0.717, 1.165) is 16.5 Å². The van der Waals surface area contributed by atoms with Gasteiger partial charge in [0.1, 0.15) is 5.82 Å². The Bertz CT molecular complexity index is 640. The van der Waals surface area contributed by atoms with Crippen molar-refractivity contribution in [1.82, 2.24) is 0 Å². The quantitative estimate of drug-likeness (QED) is 0.671. The van der Waals surface area contributed by atoms with Crippen LogP contribution in [0.1, 0.15) is 20.8 Å². The first-order chi connectivity index (χ1) is 9.52. The molecule has 1 aromatic heterocycles. The molecule has 2 aromatic rings. The minimum atomic E-state index is -0.585. The van der Waals surface area contributed by atoms with E-state index >= 15 is 0 Å². The van der Waals surface area contributed by atoms with Crippen LogP contribution in [0.3, 0.4) is 0 Å². The average molecular weight is 294 g/mol. The molecule has 20 heavy (non-hydrogen) atoms. The minimum Gasteiger partial charge on any atom is -0.465 e. The van der Waals surface area contributed by atoms with E-state index in [-0.39, 0.29) is 16.9 Å². The van der Waals surface area contributed by atoms with Crippen LogP contribution in [0, 0.1) is 12.7 Å². The Labute approximate surface area is 120 Å². The molecule has 3 N–H and O–H groups in total. The number of carbonyl (C=O) groups excluding carboxylic acids is 1. The summed E-state index contributed by atoms with van der Waals surface area (Å²) in [5.74, 6) is -1.08. The van der Waals surface area contributed by atoms with E-state index in [1.165, 1.54) is 13.2 Å². The summed E-state index contributed by atoms with van der Waals surface area (Å²) >= 11 is 1.59. The van der Waals surface area contributed by atoms with Crippen molar-refractivity contribution in [2.45, 2.75) is 13.5 Å². The van der Waals surface area contributed by atoms with Gasteiger partial charge in [0.25, 0.3) is 0 Å². The normalized spacial score (nSPS) is 10.3. The predicted octanol–water partition coefficient (Wildman–Crippen LogP) is 3.18. The van der Waals surface area contributed by atoms with E-state index in [1.54, 1.807) is 11.3 Å². The molecule has 4 nitrogen and oxygen atoms in total. The number of halogens is 1. The second-order valence-corrected chi connectivity index (χ2v) is 5.29. The number of aryl methyl sites for hydroxylation is 1. The molecule has 106 valence electrons. The number of carbonyl (C=O) groups is 1. The van der Waals surface area contributed by atoms with E-state index in [4.69, 9.17) is 5.73 Å². The third-order valence-corrected chi connectivity index (χ3v) is 3.98. The summed E-state index contributed by atoms with van der Waals surface area (Å²) in [6.45, 7) is 2.48. The van der Waals surface area contributed by atoms with Crippen molar-refractivity contribution in [3.8, 4) is 0 Å². The van der Waals surface area contributed by atoms with E-state index < -0.39 is 11.8 Å². The topological polar surface area (TPSA) is 64.3 Å². The van der Waals surface area contributed by atoms with Gasteiger partial charge in [0.2, 0.25) is 0 Å². The number of hydrogen-bond donors (Lipinski definition) is 2. The number of benzene rings is 1. The predicted molar refractivity (Wildman–Crippen MR) is 78.5 cm³/mol. The van der Waals surface area contributed by atoms with Gasteiger partial charge in [-0.2, -0.15) is 0 Å². The van der Waals surface area contributed by atoms with Crippen molar-refractivity contribution in [2.24, 2.45) is 0 Å². The molecule has 0 radical (unpaired) electrons. The summed E-state index contributed by atoms with van der Waals surface area (Å²) in [5.41, 5.74) is 7.20. The molecule has 0 fully saturated rings. The Morgan fingerprint density at radius 1 is 1.50 bits per heavy atom. The van der Waals surface area contributed by atoms with Crippen molar-refractivity contribution in [3.63, 3.8) is 0 Å². The van der Waals surface area contributed by atoms with Crippen molar-refractivity contribution >= 4 is 28.7 Å². The van der Waals surface area contributed by atoms with Crippen molar-refractivity contribution in [2.75, 3.05) is 18.2 Å². The molecule has 0 spiro atoms. The van der Waals surface area contributed by atoms with Crippen LogP contribution in [0.4, 0.5) is 15.8 Å².